The van der Waals surface area contributed by atoms with Crippen LogP contribution < -0.4 is 10.1 Å². The van der Waals surface area contributed by atoms with Crippen molar-refractivity contribution in [2.24, 2.45) is 0 Å². The maximum Gasteiger partial charge on any atom is 0.408 e. The molecule has 1 amide bonds. The number of methoxy groups -OCH3 is 1. The van der Waals surface area contributed by atoms with Crippen LogP contribution in [0.1, 0.15) is 32.4 Å². The van der Waals surface area contributed by atoms with E-state index in [0.29, 0.717) is 5.56 Å². The SMILES string of the molecule is COc1ccccc1-c1ccc([C@H](NC(=O)OC(C)(C)C)C(=O)C=[N+]=[N-])cc1. The molecule has 2 aromatic rings. The maximum absolute atomic E-state index is 12.3. The van der Waals surface area contributed by atoms with Gasteiger partial charge < -0.3 is 20.3 Å². The zero-order valence-corrected chi connectivity index (χ0v) is 16.3. The van der Waals surface area contributed by atoms with Gasteiger partial charge in [-0.15, -0.1) is 0 Å². The van der Waals surface area contributed by atoms with Crippen LogP contribution in [-0.2, 0) is 9.53 Å². The van der Waals surface area contributed by atoms with Crippen molar-refractivity contribution < 1.29 is 23.9 Å². The van der Waals surface area contributed by atoms with Crippen LogP contribution in [0.4, 0.5) is 4.79 Å². The Balaban J connectivity index is 2.32. The van der Waals surface area contributed by atoms with Crippen LogP contribution in [0, 0.1) is 0 Å². The molecule has 28 heavy (non-hydrogen) atoms. The number of hydrogen-bond donors (Lipinski definition) is 1. The van der Waals surface area contributed by atoms with Crippen LogP contribution in [0.25, 0.3) is 16.7 Å². The number of benzene rings is 2. The Morgan fingerprint density at radius 1 is 1.11 bits per heavy atom. The van der Waals surface area contributed by atoms with Crippen LogP contribution in [-0.4, -0.2) is 35.6 Å². The van der Waals surface area contributed by atoms with Gasteiger partial charge in [-0.2, -0.15) is 4.79 Å². The number of ether oxygens (including phenoxy) is 2. The number of alkyl carbamates (subject to hydrolysis) is 1. The molecule has 146 valence electrons. The van der Waals surface area contributed by atoms with Gasteiger partial charge in [-0.05, 0) is 38.0 Å². The first-order valence-corrected chi connectivity index (χ1v) is 8.69. The van der Waals surface area contributed by atoms with Gasteiger partial charge in [0.25, 0.3) is 5.78 Å². The largest absolute Gasteiger partial charge is 0.496 e. The van der Waals surface area contributed by atoms with Crippen LogP contribution in [0.2, 0.25) is 0 Å². The Kier molecular flexibility index (Phi) is 6.69. The average molecular weight is 381 g/mol. The van der Waals surface area contributed by atoms with Crippen molar-refractivity contribution in [2.75, 3.05) is 7.11 Å². The fourth-order valence-corrected chi connectivity index (χ4v) is 2.61. The van der Waals surface area contributed by atoms with E-state index in [2.05, 4.69) is 10.1 Å². The number of carbonyl (C=O) groups is 2. The summed E-state index contributed by atoms with van der Waals surface area (Å²) in [6.07, 6.45) is 0.00175. The summed E-state index contributed by atoms with van der Waals surface area (Å²) in [5.74, 6) is 0.139. The Hall–Kier alpha value is -3.44. The topological polar surface area (TPSA) is 101 Å². The molecular formula is C21H23N3O4. The van der Waals surface area contributed by atoms with Crippen molar-refractivity contribution >= 4 is 18.1 Å². The van der Waals surface area contributed by atoms with E-state index in [0.717, 1.165) is 23.1 Å². The molecule has 0 radical (unpaired) electrons. The number of nitrogens with one attached hydrogen (secondary N) is 1. The van der Waals surface area contributed by atoms with E-state index < -0.39 is 23.5 Å². The van der Waals surface area contributed by atoms with E-state index in [1.807, 2.05) is 36.4 Å². The van der Waals surface area contributed by atoms with Gasteiger partial charge in [0, 0.05) is 5.56 Å². The number of ketones is 1. The summed E-state index contributed by atoms with van der Waals surface area (Å²) in [6, 6.07) is 13.6. The van der Waals surface area contributed by atoms with Gasteiger partial charge in [-0.3, -0.25) is 4.79 Å². The molecule has 0 fully saturated rings. The lowest BCUT2D eigenvalue weighted by molar-refractivity contribution is -0.118. The molecule has 1 N–H and O–H groups in total. The normalized spacial score (nSPS) is 11.7. The standard InChI is InChI=1S/C21H23N3O4/c1-21(2,3)28-20(26)24-19(17(25)13-23-22)15-11-9-14(10-12-15)16-7-5-6-8-18(16)27-4/h5-13,19H,1-4H3,(H,24,26)/t19-/m0/s1. The quantitative estimate of drug-likeness (QED) is 0.467. The van der Waals surface area contributed by atoms with Crippen LogP contribution in [0.15, 0.2) is 48.5 Å². The Bertz CT molecular complexity index is 895. The van der Waals surface area contributed by atoms with Crippen molar-refractivity contribution in [1.29, 1.82) is 0 Å². The highest BCUT2D eigenvalue weighted by Crippen LogP contribution is 2.30. The van der Waals surface area contributed by atoms with Gasteiger partial charge in [0.2, 0.25) is 0 Å². The molecule has 2 rings (SSSR count). The summed E-state index contributed by atoms with van der Waals surface area (Å²) in [6.45, 7) is 5.17. The number of rotatable bonds is 6. The molecule has 0 aromatic heterocycles. The number of nitrogens with zero attached hydrogens (tertiary/aromatic N) is 2. The molecule has 0 heterocycles. The highest BCUT2D eigenvalue weighted by molar-refractivity contribution is 6.28. The van der Waals surface area contributed by atoms with E-state index in [1.54, 1.807) is 40.0 Å². The average Bonchev–Trinajstić information content (AvgIpc) is 2.65. The number of amides is 1. The Labute approximate surface area is 163 Å². The zero-order valence-electron chi connectivity index (χ0n) is 16.3. The minimum Gasteiger partial charge on any atom is -0.496 e. The summed E-state index contributed by atoms with van der Waals surface area (Å²) in [7, 11) is 1.60. The van der Waals surface area contributed by atoms with Gasteiger partial charge >= 0.3 is 12.3 Å². The van der Waals surface area contributed by atoms with Gasteiger partial charge in [0.05, 0.1) is 7.11 Å². The summed E-state index contributed by atoms with van der Waals surface area (Å²) in [5.41, 5.74) is 10.3. The minimum atomic E-state index is -1.04. The highest BCUT2D eigenvalue weighted by atomic mass is 16.6. The third-order valence-electron chi connectivity index (χ3n) is 3.79. The first kappa shape index (κ1) is 20.9. The molecule has 0 saturated carbocycles. The monoisotopic (exact) mass is 381 g/mol. The fourth-order valence-electron chi connectivity index (χ4n) is 2.61. The lowest BCUT2D eigenvalue weighted by atomic mass is 9.98. The van der Waals surface area contributed by atoms with E-state index in [4.69, 9.17) is 15.0 Å². The molecule has 0 bridgehead atoms. The van der Waals surface area contributed by atoms with Crippen LogP contribution in [0.5, 0.6) is 5.75 Å². The van der Waals surface area contributed by atoms with Gasteiger partial charge in [-0.1, -0.05) is 42.5 Å². The van der Waals surface area contributed by atoms with E-state index >= 15 is 0 Å². The number of hydrogen-bond acceptors (Lipinski definition) is 4. The molecule has 0 unspecified atom stereocenters. The summed E-state index contributed by atoms with van der Waals surface area (Å²) in [5, 5.41) is 2.52. The molecule has 0 aliphatic carbocycles. The lowest BCUT2D eigenvalue weighted by Crippen LogP contribution is -2.38. The first-order valence-electron chi connectivity index (χ1n) is 8.69. The maximum atomic E-state index is 12.3. The Morgan fingerprint density at radius 2 is 1.75 bits per heavy atom. The summed E-state index contributed by atoms with van der Waals surface area (Å²) in [4.78, 5) is 27.2. The molecular weight excluding hydrogens is 358 g/mol. The third-order valence-corrected chi connectivity index (χ3v) is 3.79. The van der Waals surface area contributed by atoms with Gasteiger partial charge in [0.1, 0.15) is 17.4 Å². The molecule has 0 saturated heterocycles. The third kappa shape index (κ3) is 5.53. The second-order valence-electron chi connectivity index (χ2n) is 7.05. The second kappa shape index (κ2) is 8.97. The predicted molar refractivity (Wildman–Crippen MR) is 105 cm³/mol. The van der Waals surface area contributed by atoms with Crippen LogP contribution in [0.3, 0.4) is 0 Å². The van der Waals surface area contributed by atoms with E-state index in [-0.39, 0.29) is 0 Å². The molecule has 1 atom stereocenters. The van der Waals surface area contributed by atoms with Crippen LogP contribution >= 0.6 is 0 Å². The van der Waals surface area contributed by atoms with Crippen molar-refractivity contribution in [1.82, 2.24) is 5.32 Å². The summed E-state index contributed by atoms with van der Waals surface area (Å²) >= 11 is 0. The van der Waals surface area contributed by atoms with Crippen molar-refractivity contribution in [3.8, 4) is 16.9 Å². The van der Waals surface area contributed by atoms with Crippen molar-refractivity contribution in [3.63, 3.8) is 0 Å². The number of Topliss-reactive ketones (excluding diaryl/α,β-unsaturated/α-hetero) is 1. The van der Waals surface area contributed by atoms with E-state index in [1.165, 1.54) is 0 Å². The number of para-hydroxylation sites is 1. The second-order valence-corrected chi connectivity index (χ2v) is 7.05. The van der Waals surface area contributed by atoms with Gasteiger partial charge in [0.15, 0.2) is 0 Å². The zero-order chi connectivity index (χ0) is 20.7. The molecule has 0 aliphatic rings. The molecule has 0 spiro atoms. The molecule has 2 aromatic carbocycles. The first-order chi connectivity index (χ1) is 13.2. The Morgan fingerprint density at radius 3 is 2.32 bits per heavy atom. The van der Waals surface area contributed by atoms with E-state index in [9.17, 15) is 9.59 Å². The number of carbonyl (C=O) groups excluding carboxylic acids is 2. The summed E-state index contributed by atoms with van der Waals surface area (Å²) < 4.78 is 10.6. The lowest BCUT2D eigenvalue weighted by Gasteiger charge is -2.22. The molecule has 7 nitrogen and oxygen atoms in total. The molecule has 7 heteroatoms. The smallest absolute Gasteiger partial charge is 0.408 e. The minimum absolute atomic E-state index is 0.523. The molecule has 0 aliphatic heterocycles. The van der Waals surface area contributed by atoms with Crippen molar-refractivity contribution in [2.45, 2.75) is 32.4 Å². The van der Waals surface area contributed by atoms with Gasteiger partial charge in [-0.25, -0.2) is 4.79 Å². The highest BCUT2D eigenvalue weighted by Gasteiger charge is 2.27. The fraction of sp³-hybridized carbons (Fsp3) is 0.286. The predicted octanol–water partition coefficient (Wildman–Crippen LogP) is 3.80. The van der Waals surface area contributed by atoms with Crippen molar-refractivity contribution in [3.05, 3.63) is 59.6 Å².